The molecule has 0 spiro atoms. The molecule has 0 atom stereocenters. The maximum Gasteiger partial charge on any atom is 0.0461 e. The molecule has 66 valence electrons. The number of hydrogen-bond acceptors (Lipinski definition) is 0. The third-order valence-electron chi connectivity index (χ3n) is 2.43. The third-order valence-corrected chi connectivity index (χ3v) is 2.43. The van der Waals surface area contributed by atoms with E-state index in [1.807, 2.05) is 0 Å². The predicted molar refractivity (Wildman–Crippen MR) is 57.6 cm³/mol. The van der Waals surface area contributed by atoms with Crippen LogP contribution in [-0.4, -0.2) is 4.98 Å². The second-order valence-electron chi connectivity index (χ2n) is 3.50. The molecule has 2 rings (SSSR count). The lowest BCUT2D eigenvalue weighted by Crippen LogP contribution is -2.35. The summed E-state index contributed by atoms with van der Waals surface area (Å²) in [5.41, 5.74) is 1.37. The van der Waals surface area contributed by atoms with Gasteiger partial charge in [-0.1, -0.05) is 30.9 Å². The maximum absolute atomic E-state index is 3.99. The van der Waals surface area contributed by atoms with Crippen molar-refractivity contribution in [2.24, 2.45) is 0 Å². The van der Waals surface area contributed by atoms with E-state index in [1.54, 1.807) is 0 Å². The fraction of sp³-hybridized carbons (Fsp3) is 0.167. The zero-order valence-electron chi connectivity index (χ0n) is 7.85. The number of fused-ring (bicyclic) bond motifs is 1. The van der Waals surface area contributed by atoms with E-state index in [-0.39, 0.29) is 0 Å². The monoisotopic (exact) mass is 171 g/mol. The Bertz CT molecular complexity index is 570. The van der Waals surface area contributed by atoms with E-state index in [0.29, 0.717) is 0 Å². The Hall–Kier alpha value is -1.50. The molecule has 13 heavy (non-hydrogen) atoms. The average Bonchev–Trinajstić information content (AvgIpc) is 2.28. The van der Waals surface area contributed by atoms with Crippen LogP contribution in [0.5, 0.6) is 0 Å². The van der Waals surface area contributed by atoms with E-state index < -0.39 is 0 Å². The molecule has 0 saturated heterocycles. The third kappa shape index (κ3) is 1.26. The van der Waals surface area contributed by atoms with Gasteiger partial charge in [-0.2, -0.15) is 0 Å². The Morgan fingerprint density at radius 3 is 2.85 bits per heavy atom. The van der Waals surface area contributed by atoms with Crippen molar-refractivity contribution in [3.05, 3.63) is 32.8 Å². The van der Waals surface area contributed by atoms with Gasteiger partial charge < -0.3 is 4.98 Å². The molecule has 0 aliphatic heterocycles. The number of hydrogen-bond donors (Lipinski definition) is 1. The summed E-state index contributed by atoms with van der Waals surface area (Å²) in [6.07, 6.45) is 7.44. The highest BCUT2D eigenvalue weighted by atomic mass is 14.7. The van der Waals surface area contributed by atoms with Gasteiger partial charge in [-0.3, -0.25) is 0 Å². The summed E-state index contributed by atoms with van der Waals surface area (Å²) in [4.78, 5) is 3.22. The highest BCUT2D eigenvalue weighted by Crippen LogP contribution is 2.00. The van der Waals surface area contributed by atoms with Crippen LogP contribution >= 0.6 is 0 Å². The SMILES string of the molecule is C=c1[nH]c2c(c1=C)=CCC(C)=CC=2. The van der Waals surface area contributed by atoms with E-state index in [1.165, 1.54) is 10.8 Å². The van der Waals surface area contributed by atoms with E-state index >= 15 is 0 Å². The van der Waals surface area contributed by atoms with Crippen molar-refractivity contribution in [2.75, 3.05) is 0 Å². The van der Waals surface area contributed by atoms with Crippen molar-refractivity contribution in [3.8, 4) is 0 Å². The number of allylic oxidation sites excluding steroid dienone is 2. The quantitative estimate of drug-likeness (QED) is 0.554. The summed E-state index contributed by atoms with van der Waals surface area (Å²) in [6, 6.07) is 0. The highest BCUT2D eigenvalue weighted by molar-refractivity contribution is 5.46. The molecule has 1 heteroatoms. The first-order chi connectivity index (χ1) is 6.18. The topological polar surface area (TPSA) is 15.8 Å². The van der Waals surface area contributed by atoms with E-state index in [0.717, 1.165) is 22.3 Å². The van der Waals surface area contributed by atoms with Crippen LogP contribution in [0, 0.1) is 0 Å². The molecule has 1 aromatic rings. The van der Waals surface area contributed by atoms with Crippen molar-refractivity contribution < 1.29 is 0 Å². The molecular weight excluding hydrogens is 158 g/mol. The average molecular weight is 171 g/mol. The summed E-state index contributed by atoms with van der Waals surface area (Å²) in [7, 11) is 0. The second-order valence-corrected chi connectivity index (χ2v) is 3.50. The minimum atomic E-state index is 0.922. The Labute approximate surface area is 77.1 Å². The van der Waals surface area contributed by atoms with E-state index in [4.69, 9.17) is 0 Å². The molecular formula is C12H13N. The number of H-pyrrole nitrogens is 1. The van der Waals surface area contributed by atoms with Crippen LogP contribution in [-0.2, 0) is 0 Å². The van der Waals surface area contributed by atoms with E-state index in [9.17, 15) is 0 Å². The summed E-state index contributed by atoms with van der Waals surface area (Å²) < 4.78 is 0. The predicted octanol–water partition coefficient (Wildman–Crippen LogP) is -0.254. The minimum Gasteiger partial charge on any atom is -0.355 e. The van der Waals surface area contributed by atoms with Crippen LogP contribution in [0.25, 0.3) is 25.3 Å². The molecule has 0 unspecified atom stereocenters. The van der Waals surface area contributed by atoms with Crippen molar-refractivity contribution in [3.63, 3.8) is 0 Å². The molecule has 0 radical (unpaired) electrons. The summed E-state index contributed by atoms with van der Waals surface area (Å²) in [5.74, 6) is 0. The fourth-order valence-electron chi connectivity index (χ4n) is 1.55. The van der Waals surface area contributed by atoms with Gasteiger partial charge in [0, 0.05) is 15.9 Å². The Morgan fingerprint density at radius 1 is 1.31 bits per heavy atom. The van der Waals surface area contributed by atoms with Crippen LogP contribution < -0.4 is 21.1 Å². The molecule has 1 nitrogen and oxygen atoms in total. The first kappa shape index (κ1) is 8.11. The minimum absolute atomic E-state index is 0.922. The summed E-state index contributed by atoms with van der Waals surface area (Å²) in [6.45, 7) is 10.0. The zero-order valence-corrected chi connectivity index (χ0v) is 7.85. The Kier molecular flexibility index (Phi) is 1.73. The van der Waals surface area contributed by atoms with Crippen LogP contribution in [0.1, 0.15) is 13.3 Å². The lowest BCUT2D eigenvalue weighted by molar-refractivity contribution is 1.27. The largest absolute Gasteiger partial charge is 0.355 e. The number of nitrogens with one attached hydrogen (secondary N) is 1. The Balaban J connectivity index is 2.94. The van der Waals surface area contributed by atoms with Crippen molar-refractivity contribution in [1.82, 2.24) is 4.98 Å². The van der Waals surface area contributed by atoms with Gasteiger partial charge in [0.25, 0.3) is 0 Å². The first-order valence-electron chi connectivity index (χ1n) is 4.42. The second kappa shape index (κ2) is 2.77. The highest BCUT2D eigenvalue weighted by Gasteiger charge is 1.95. The number of aromatic nitrogens is 1. The summed E-state index contributed by atoms with van der Waals surface area (Å²) in [5, 5.41) is 4.28. The standard InChI is InChI=1S/C12H13N/c1-8-4-6-11-9(2)10(3)13-12(11)7-5-8/h5-7,13H,2-4H2,1H3. The molecule has 0 aromatic carbocycles. The van der Waals surface area contributed by atoms with Crippen LogP contribution in [0.2, 0.25) is 0 Å². The van der Waals surface area contributed by atoms with Crippen LogP contribution in [0.3, 0.4) is 0 Å². The van der Waals surface area contributed by atoms with Crippen LogP contribution in [0.15, 0.2) is 11.6 Å². The smallest absolute Gasteiger partial charge is 0.0461 e. The molecule has 0 bridgehead atoms. The van der Waals surface area contributed by atoms with Crippen molar-refractivity contribution in [2.45, 2.75) is 13.3 Å². The molecule has 0 amide bonds. The fourth-order valence-corrected chi connectivity index (χ4v) is 1.55. The molecule has 1 aliphatic carbocycles. The van der Waals surface area contributed by atoms with Gasteiger partial charge in [0.15, 0.2) is 0 Å². The molecule has 1 heterocycles. The van der Waals surface area contributed by atoms with Gasteiger partial charge >= 0.3 is 0 Å². The molecule has 0 fully saturated rings. The zero-order chi connectivity index (χ0) is 9.42. The van der Waals surface area contributed by atoms with E-state index in [2.05, 4.69) is 43.3 Å². The molecule has 1 aliphatic rings. The van der Waals surface area contributed by atoms with Crippen LogP contribution in [0.4, 0.5) is 0 Å². The Morgan fingerprint density at radius 2 is 2.08 bits per heavy atom. The van der Waals surface area contributed by atoms with Gasteiger partial charge in [-0.15, -0.1) is 0 Å². The molecule has 1 aromatic heterocycles. The lowest BCUT2D eigenvalue weighted by atomic mass is 10.2. The van der Waals surface area contributed by atoms with Gasteiger partial charge in [0.2, 0.25) is 0 Å². The summed E-state index contributed by atoms with van der Waals surface area (Å²) >= 11 is 0. The normalized spacial score (nSPS) is 15.0. The van der Waals surface area contributed by atoms with Gasteiger partial charge in [-0.25, -0.2) is 0 Å². The number of rotatable bonds is 0. The molecule has 0 saturated carbocycles. The van der Waals surface area contributed by atoms with Crippen molar-refractivity contribution in [1.29, 1.82) is 0 Å². The maximum atomic E-state index is 3.99. The van der Waals surface area contributed by atoms with Gasteiger partial charge in [0.1, 0.15) is 0 Å². The molecule has 1 N–H and O–H groups in total. The van der Waals surface area contributed by atoms with Gasteiger partial charge in [-0.05, 0) is 24.6 Å². The first-order valence-corrected chi connectivity index (χ1v) is 4.42. The number of aromatic amines is 1. The lowest BCUT2D eigenvalue weighted by Gasteiger charge is -1.88. The van der Waals surface area contributed by atoms with Crippen molar-refractivity contribution >= 4 is 25.3 Å². The van der Waals surface area contributed by atoms with Gasteiger partial charge in [0.05, 0.1) is 0 Å².